The lowest BCUT2D eigenvalue weighted by atomic mass is 10.0. The summed E-state index contributed by atoms with van der Waals surface area (Å²) in [5.41, 5.74) is -0.470. The number of hydrogen-bond acceptors (Lipinski definition) is 6. The normalized spacial score (nSPS) is 16.0. The number of rotatable bonds is 4. The molecule has 1 aromatic rings. The Morgan fingerprint density at radius 2 is 2.00 bits per heavy atom. The summed E-state index contributed by atoms with van der Waals surface area (Å²) in [6, 6.07) is 2.05. The summed E-state index contributed by atoms with van der Waals surface area (Å²) in [4.78, 5) is 24.5. The van der Waals surface area contributed by atoms with Gasteiger partial charge in [-0.3, -0.25) is 0 Å². The van der Waals surface area contributed by atoms with Crippen LogP contribution in [0.25, 0.3) is 0 Å². The molecule has 0 unspecified atom stereocenters. The van der Waals surface area contributed by atoms with E-state index in [1.54, 1.807) is 4.90 Å². The van der Waals surface area contributed by atoms with E-state index in [2.05, 4.69) is 14.9 Å². The predicted molar refractivity (Wildman–Crippen MR) is 92.4 cm³/mol. The van der Waals surface area contributed by atoms with E-state index < -0.39 is 5.60 Å². The molecule has 1 aliphatic rings. The molecule has 2 rings (SSSR count). The van der Waals surface area contributed by atoms with Gasteiger partial charge in [0.25, 0.3) is 0 Å². The molecule has 1 fully saturated rings. The second-order valence-electron chi connectivity index (χ2n) is 6.96. The van der Waals surface area contributed by atoms with Gasteiger partial charge in [0.05, 0.1) is 6.61 Å². The Morgan fingerprint density at radius 3 is 2.58 bits per heavy atom. The highest BCUT2D eigenvalue weighted by atomic mass is 16.6. The average Bonchev–Trinajstić information content (AvgIpc) is 2.53. The van der Waals surface area contributed by atoms with Crippen LogP contribution in [0, 0.1) is 0 Å². The summed E-state index contributed by atoms with van der Waals surface area (Å²) >= 11 is 0. The van der Waals surface area contributed by atoms with E-state index in [0.29, 0.717) is 12.5 Å². The quantitative estimate of drug-likeness (QED) is 0.842. The molecule has 1 amide bonds. The number of nitrogens with zero attached hydrogens (tertiary/aromatic N) is 4. The van der Waals surface area contributed by atoms with Crippen LogP contribution in [-0.4, -0.2) is 59.3 Å². The zero-order valence-electron chi connectivity index (χ0n) is 15.3. The van der Waals surface area contributed by atoms with Crippen LogP contribution >= 0.6 is 0 Å². The van der Waals surface area contributed by atoms with Crippen molar-refractivity contribution in [1.29, 1.82) is 0 Å². The van der Waals surface area contributed by atoms with Crippen LogP contribution in [0.3, 0.4) is 0 Å². The van der Waals surface area contributed by atoms with Crippen molar-refractivity contribution in [2.24, 2.45) is 0 Å². The number of carbonyl (C=O) groups excluding carboxylic acids is 1. The minimum absolute atomic E-state index is 0.185. The third-order valence-corrected chi connectivity index (χ3v) is 3.94. The van der Waals surface area contributed by atoms with Crippen molar-refractivity contribution in [1.82, 2.24) is 14.9 Å². The van der Waals surface area contributed by atoms with E-state index in [4.69, 9.17) is 9.47 Å². The van der Waals surface area contributed by atoms with Gasteiger partial charge in [-0.2, -0.15) is 0 Å². The van der Waals surface area contributed by atoms with Gasteiger partial charge in [0.1, 0.15) is 17.7 Å². The van der Waals surface area contributed by atoms with Crippen LogP contribution in [0.2, 0.25) is 0 Å². The van der Waals surface area contributed by atoms with Gasteiger partial charge >= 0.3 is 6.09 Å². The monoisotopic (exact) mass is 336 g/mol. The van der Waals surface area contributed by atoms with Crippen LogP contribution < -0.4 is 9.64 Å². The smallest absolute Gasteiger partial charge is 0.410 e. The fourth-order valence-electron chi connectivity index (χ4n) is 2.69. The molecular weight excluding hydrogens is 308 g/mol. The number of carbonyl (C=O) groups is 1. The van der Waals surface area contributed by atoms with Gasteiger partial charge in [0.2, 0.25) is 5.88 Å². The Balaban J connectivity index is 1.91. The fourth-order valence-corrected chi connectivity index (χ4v) is 2.69. The highest BCUT2D eigenvalue weighted by Gasteiger charge is 2.29. The van der Waals surface area contributed by atoms with Crippen molar-refractivity contribution in [2.75, 3.05) is 31.6 Å². The zero-order valence-corrected chi connectivity index (χ0v) is 15.3. The predicted octanol–water partition coefficient (Wildman–Crippen LogP) is 2.71. The van der Waals surface area contributed by atoms with Crippen molar-refractivity contribution in [3.8, 4) is 5.88 Å². The number of amides is 1. The molecule has 0 saturated carbocycles. The molecule has 2 heterocycles. The van der Waals surface area contributed by atoms with Crippen LogP contribution in [-0.2, 0) is 4.74 Å². The van der Waals surface area contributed by atoms with Crippen molar-refractivity contribution >= 4 is 11.9 Å². The fraction of sp³-hybridized carbons (Fsp3) is 0.706. The van der Waals surface area contributed by atoms with Crippen molar-refractivity contribution in [2.45, 2.75) is 52.2 Å². The maximum Gasteiger partial charge on any atom is 0.410 e. The van der Waals surface area contributed by atoms with E-state index in [1.807, 2.05) is 40.8 Å². The summed E-state index contributed by atoms with van der Waals surface area (Å²) in [6.07, 6.45) is 3.02. The molecule has 0 radical (unpaired) electrons. The first kappa shape index (κ1) is 18.3. The van der Waals surface area contributed by atoms with Crippen molar-refractivity contribution in [3.63, 3.8) is 0 Å². The van der Waals surface area contributed by atoms with Crippen molar-refractivity contribution < 1.29 is 14.3 Å². The minimum Gasteiger partial charge on any atom is -0.478 e. The minimum atomic E-state index is -0.470. The Labute approximate surface area is 144 Å². The third-order valence-electron chi connectivity index (χ3n) is 3.94. The maximum absolute atomic E-state index is 12.2. The number of aromatic nitrogens is 2. The second-order valence-corrected chi connectivity index (χ2v) is 6.96. The number of hydrogen-bond donors (Lipinski definition) is 0. The first-order valence-corrected chi connectivity index (χ1v) is 8.45. The van der Waals surface area contributed by atoms with Crippen molar-refractivity contribution in [3.05, 3.63) is 12.4 Å². The standard InChI is InChI=1S/C17H28N4O3/c1-6-23-15-11-14(18-12-19-15)21-9-7-13(8-10-21)20(5)16(22)24-17(2,3)4/h11-13H,6-10H2,1-5H3. The molecular formula is C17H28N4O3. The van der Waals surface area contributed by atoms with Gasteiger partial charge < -0.3 is 19.3 Å². The highest BCUT2D eigenvalue weighted by Crippen LogP contribution is 2.23. The third kappa shape index (κ3) is 4.97. The van der Waals surface area contributed by atoms with Crippen LogP contribution in [0.1, 0.15) is 40.5 Å². The lowest BCUT2D eigenvalue weighted by molar-refractivity contribution is 0.0201. The molecule has 0 aliphatic carbocycles. The molecule has 134 valence electrons. The SMILES string of the molecule is CCOc1cc(N2CCC(N(C)C(=O)OC(C)(C)C)CC2)ncn1. The summed E-state index contributed by atoms with van der Waals surface area (Å²) in [6.45, 7) is 9.82. The van der Waals surface area contributed by atoms with Crippen LogP contribution in [0.15, 0.2) is 12.4 Å². The maximum atomic E-state index is 12.2. The Kier molecular flexibility index (Phi) is 5.85. The van der Waals surface area contributed by atoms with Gasteiger partial charge in [-0.1, -0.05) is 0 Å². The second kappa shape index (κ2) is 7.68. The lowest BCUT2D eigenvalue weighted by Gasteiger charge is -2.37. The molecule has 7 nitrogen and oxygen atoms in total. The first-order chi connectivity index (χ1) is 11.3. The Morgan fingerprint density at radius 1 is 1.33 bits per heavy atom. The van der Waals surface area contributed by atoms with Gasteiger partial charge in [-0.25, -0.2) is 14.8 Å². The molecule has 0 spiro atoms. The van der Waals surface area contributed by atoms with Gasteiger partial charge in [-0.05, 0) is 40.5 Å². The summed E-state index contributed by atoms with van der Waals surface area (Å²) < 4.78 is 10.9. The molecule has 24 heavy (non-hydrogen) atoms. The number of anilines is 1. The van der Waals surface area contributed by atoms with E-state index in [-0.39, 0.29) is 12.1 Å². The number of piperidine rings is 1. The topological polar surface area (TPSA) is 67.8 Å². The van der Waals surface area contributed by atoms with E-state index in [1.165, 1.54) is 6.33 Å². The molecule has 0 bridgehead atoms. The average molecular weight is 336 g/mol. The first-order valence-electron chi connectivity index (χ1n) is 8.45. The molecule has 1 aromatic heterocycles. The molecule has 0 atom stereocenters. The molecule has 0 aromatic carbocycles. The Hall–Kier alpha value is -2.05. The van der Waals surface area contributed by atoms with Crippen LogP contribution in [0.5, 0.6) is 5.88 Å². The molecule has 0 N–H and O–H groups in total. The van der Waals surface area contributed by atoms with E-state index in [0.717, 1.165) is 31.7 Å². The Bertz CT molecular complexity index is 551. The molecule has 1 saturated heterocycles. The van der Waals surface area contributed by atoms with E-state index in [9.17, 15) is 4.79 Å². The van der Waals surface area contributed by atoms with Gasteiger partial charge in [0, 0.05) is 32.2 Å². The van der Waals surface area contributed by atoms with E-state index >= 15 is 0 Å². The summed E-state index contributed by atoms with van der Waals surface area (Å²) in [7, 11) is 1.81. The molecule has 7 heteroatoms. The summed E-state index contributed by atoms with van der Waals surface area (Å²) in [5.74, 6) is 1.46. The molecule has 1 aliphatic heterocycles. The zero-order chi connectivity index (χ0) is 17.7. The largest absolute Gasteiger partial charge is 0.478 e. The van der Waals surface area contributed by atoms with Gasteiger partial charge in [0.15, 0.2) is 0 Å². The summed E-state index contributed by atoms with van der Waals surface area (Å²) in [5, 5.41) is 0. The lowest BCUT2D eigenvalue weighted by Crippen LogP contribution is -2.47. The number of ether oxygens (including phenoxy) is 2. The van der Waals surface area contributed by atoms with Gasteiger partial charge in [-0.15, -0.1) is 0 Å². The van der Waals surface area contributed by atoms with Crippen LogP contribution in [0.4, 0.5) is 10.6 Å². The highest BCUT2D eigenvalue weighted by molar-refractivity contribution is 5.68.